The highest BCUT2D eigenvalue weighted by atomic mass is 16.5. The number of hydrogen-bond donors (Lipinski definition) is 2. The van der Waals surface area contributed by atoms with Crippen LogP contribution < -0.4 is 10.1 Å². The van der Waals surface area contributed by atoms with Gasteiger partial charge < -0.3 is 15.0 Å². The van der Waals surface area contributed by atoms with Crippen molar-refractivity contribution in [2.75, 3.05) is 13.7 Å². The zero-order valence-electron chi connectivity index (χ0n) is 13.0. The minimum atomic E-state index is -0.118. The highest BCUT2D eigenvalue weighted by Gasteiger charge is 2.10. The average Bonchev–Trinajstić information content (AvgIpc) is 3.01. The lowest BCUT2D eigenvalue weighted by molar-refractivity contribution is 0.0950. The number of nitrogens with one attached hydrogen (secondary N) is 2. The number of nitrogens with zero attached hydrogens (tertiary/aromatic N) is 1. The Bertz CT molecular complexity index is 778. The predicted octanol–water partition coefficient (Wildman–Crippen LogP) is 2.93. The first-order chi connectivity index (χ1) is 11.3. The minimum absolute atomic E-state index is 0.118. The van der Waals surface area contributed by atoms with E-state index in [9.17, 15) is 4.79 Å². The molecule has 0 spiro atoms. The van der Waals surface area contributed by atoms with E-state index < -0.39 is 0 Å². The van der Waals surface area contributed by atoms with Crippen LogP contribution in [0.15, 0.2) is 48.5 Å². The number of methoxy groups -OCH3 is 1. The quantitative estimate of drug-likeness (QED) is 0.688. The van der Waals surface area contributed by atoms with Crippen LogP contribution in [0.4, 0.5) is 0 Å². The van der Waals surface area contributed by atoms with Crippen LogP contribution in [0.1, 0.15) is 22.6 Å². The lowest BCUT2D eigenvalue weighted by Crippen LogP contribution is -2.25. The number of carbonyl (C=O) groups excluding carboxylic acids is 1. The molecule has 3 rings (SSSR count). The van der Waals surface area contributed by atoms with Gasteiger partial charge in [0.2, 0.25) is 0 Å². The lowest BCUT2D eigenvalue weighted by Gasteiger charge is -2.08. The molecule has 0 aliphatic carbocycles. The number of aromatic amines is 1. The monoisotopic (exact) mass is 309 g/mol. The van der Waals surface area contributed by atoms with Gasteiger partial charge in [-0.25, -0.2) is 4.98 Å². The van der Waals surface area contributed by atoms with Crippen molar-refractivity contribution in [2.45, 2.75) is 12.8 Å². The maximum atomic E-state index is 12.2. The van der Waals surface area contributed by atoms with E-state index in [1.807, 2.05) is 36.4 Å². The summed E-state index contributed by atoms with van der Waals surface area (Å²) in [6.45, 7) is 0.591. The summed E-state index contributed by atoms with van der Waals surface area (Å²) in [7, 11) is 1.56. The van der Waals surface area contributed by atoms with Gasteiger partial charge >= 0.3 is 0 Å². The van der Waals surface area contributed by atoms with Crippen molar-refractivity contribution in [1.82, 2.24) is 15.3 Å². The number of aryl methyl sites for hydroxylation is 1. The molecular formula is C18H19N3O2. The molecule has 118 valence electrons. The van der Waals surface area contributed by atoms with Crippen LogP contribution in [0, 0.1) is 0 Å². The molecule has 0 saturated heterocycles. The Balaban J connectivity index is 1.52. The summed E-state index contributed by atoms with van der Waals surface area (Å²) in [6, 6.07) is 15.2. The Kier molecular flexibility index (Phi) is 4.57. The van der Waals surface area contributed by atoms with Crippen molar-refractivity contribution >= 4 is 16.9 Å². The third-order valence-electron chi connectivity index (χ3n) is 3.67. The zero-order valence-corrected chi connectivity index (χ0v) is 13.0. The van der Waals surface area contributed by atoms with E-state index in [1.54, 1.807) is 19.2 Å². The summed E-state index contributed by atoms with van der Waals surface area (Å²) >= 11 is 0. The van der Waals surface area contributed by atoms with Crippen LogP contribution in [-0.2, 0) is 6.42 Å². The smallest absolute Gasteiger partial charge is 0.255 e. The molecule has 0 fully saturated rings. The maximum Gasteiger partial charge on any atom is 0.255 e. The van der Waals surface area contributed by atoms with Gasteiger partial charge in [0.1, 0.15) is 11.6 Å². The number of hydrogen-bond acceptors (Lipinski definition) is 3. The number of amides is 1. The highest BCUT2D eigenvalue weighted by molar-refractivity contribution is 5.96. The molecular weight excluding hydrogens is 290 g/mol. The number of aromatic nitrogens is 2. The third kappa shape index (κ3) is 3.51. The Morgan fingerprint density at radius 2 is 1.96 bits per heavy atom. The fourth-order valence-electron chi connectivity index (χ4n) is 2.51. The first-order valence-electron chi connectivity index (χ1n) is 7.63. The van der Waals surface area contributed by atoms with Gasteiger partial charge in [0, 0.05) is 13.0 Å². The average molecular weight is 309 g/mol. The second kappa shape index (κ2) is 6.96. The summed E-state index contributed by atoms with van der Waals surface area (Å²) < 4.78 is 5.20. The van der Waals surface area contributed by atoms with Crippen molar-refractivity contribution in [2.24, 2.45) is 0 Å². The van der Waals surface area contributed by atoms with Crippen LogP contribution in [0.2, 0.25) is 0 Å². The molecule has 1 heterocycles. The fourth-order valence-corrected chi connectivity index (χ4v) is 2.51. The molecule has 2 N–H and O–H groups in total. The van der Waals surface area contributed by atoms with Crippen LogP contribution in [0.25, 0.3) is 11.0 Å². The van der Waals surface area contributed by atoms with Crippen molar-refractivity contribution < 1.29 is 9.53 Å². The van der Waals surface area contributed by atoms with E-state index >= 15 is 0 Å². The summed E-state index contributed by atoms with van der Waals surface area (Å²) in [4.78, 5) is 20.0. The van der Waals surface area contributed by atoms with Crippen molar-refractivity contribution in [3.05, 3.63) is 59.9 Å². The van der Waals surface area contributed by atoms with Crippen molar-refractivity contribution in [3.8, 4) is 5.75 Å². The first-order valence-corrected chi connectivity index (χ1v) is 7.63. The van der Waals surface area contributed by atoms with Crippen LogP contribution in [0.5, 0.6) is 5.75 Å². The first kappa shape index (κ1) is 15.1. The predicted molar refractivity (Wildman–Crippen MR) is 89.7 cm³/mol. The van der Waals surface area contributed by atoms with Gasteiger partial charge in [-0.05, 0) is 30.7 Å². The summed E-state index contributed by atoms with van der Waals surface area (Å²) in [5.74, 6) is 1.41. The van der Waals surface area contributed by atoms with E-state index in [-0.39, 0.29) is 5.91 Å². The molecule has 2 aromatic carbocycles. The summed E-state index contributed by atoms with van der Waals surface area (Å²) in [6.07, 6.45) is 1.61. The van der Waals surface area contributed by atoms with Crippen molar-refractivity contribution in [1.29, 1.82) is 0 Å². The highest BCUT2D eigenvalue weighted by Crippen LogP contribution is 2.16. The number of imidazole rings is 1. The number of benzene rings is 2. The van der Waals surface area contributed by atoms with Gasteiger partial charge in [-0.3, -0.25) is 4.79 Å². The number of ether oxygens (including phenoxy) is 1. The zero-order chi connectivity index (χ0) is 16.1. The van der Waals surface area contributed by atoms with Gasteiger partial charge in [-0.1, -0.05) is 24.3 Å². The molecule has 0 atom stereocenters. The molecule has 23 heavy (non-hydrogen) atoms. The summed E-state index contributed by atoms with van der Waals surface area (Å²) in [5, 5.41) is 2.92. The molecule has 0 aliphatic rings. The molecule has 0 unspecified atom stereocenters. The van der Waals surface area contributed by atoms with E-state index in [2.05, 4.69) is 15.3 Å². The number of H-pyrrole nitrogens is 1. The second-order valence-electron chi connectivity index (χ2n) is 5.26. The molecule has 1 amide bonds. The molecule has 0 aliphatic heterocycles. The Labute approximate surface area is 134 Å². The molecule has 0 radical (unpaired) electrons. The van der Waals surface area contributed by atoms with Crippen LogP contribution in [0.3, 0.4) is 0 Å². The van der Waals surface area contributed by atoms with E-state index in [4.69, 9.17) is 4.74 Å². The largest absolute Gasteiger partial charge is 0.496 e. The van der Waals surface area contributed by atoms with Gasteiger partial charge in [-0.15, -0.1) is 0 Å². The van der Waals surface area contributed by atoms with Gasteiger partial charge in [0.05, 0.1) is 23.7 Å². The second-order valence-corrected chi connectivity index (χ2v) is 5.26. The van der Waals surface area contributed by atoms with Crippen molar-refractivity contribution in [3.63, 3.8) is 0 Å². The number of carbonyl (C=O) groups is 1. The van der Waals surface area contributed by atoms with E-state index in [0.717, 1.165) is 29.7 Å². The van der Waals surface area contributed by atoms with E-state index in [0.29, 0.717) is 17.9 Å². The fraction of sp³-hybridized carbons (Fsp3) is 0.222. The number of fused-ring (bicyclic) bond motifs is 1. The number of para-hydroxylation sites is 3. The molecule has 5 heteroatoms. The van der Waals surface area contributed by atoms with Gasteiger partial charge in [0.25, 0.3) is 5.91 Å². The van der Waals surface area contributed by atoms with Crippen LogP contribution >= 0.6 is 0 Å². The normalized spacial score (nSPS) is 10.7. The molecule has 3 aromatic rings. The van der Waals surface area contributed by atoms with E-state index in [1.165, 1.54) is 0 Å². The Morgan fingerprint density at radius 1 is 1.17 bits per heavy atom. The molecule has 5 nitrogen and oxygen atoms in total. The minimum Gasteiger partial charge on any atom is -0.496 e. The Hall–Kier alpha value is -2.82. The molecule has 0 saturated carbocycles. The summed E-state index contributed by atoms with van der Waals surface area (Å²) in [5.41, 5.74) is 2.57. The SMILES string of the molecule is COc1ccccc1C(=O)NCCCc1nc2ccccc2[nH]1. The molecule has 0 bridgehead atoms. The Morgan fingerprint density at radius 3 is 2.78 bits per heavy atom. The maximum absolute atomic E-state index is 12.2. The molecule has 1 aromatic heterocycles. The van der Waals surface area contributed by atoms with Crippen LogP contribution in [-0.4, -0.2) is 29.5 Å². The lowest BCUT2D eigenvalue weighted by atomic mass is 10.2. The standard InChI is InChI=1S/C18H19N3O2/c1-23-16-10-5-2-7-13(16)18(22)19-12-6-11-17-20-14-8-3-4-9-15(14)21-17/h2-5,7-10H,6,11-12H2,1H3,(H,19,22)(H,20,21). The van der Waals surface area contributed by atoms with Gasteiger partial charge in [0.15, 0.2) is 0 Å². The third-order valence-corrected chi connectivity index (χ3v) is 3.67. The number of rotatable bonds is 6. The topological polar surface area (TPSA) is 67.0 Å². The van der Waals surface area contributed by atoms with Gasteiger partial charge in [-0.2, -0.15) is 0 Å².